The van der Waals surface area contributed by atoms with Gasteiger partial charge in [0.05, 0.1) is 31.6 Å². The molecule has 1 amide bonds. The van der Waals surface area contributed by atoms with Gasteiger partial charge in [-0.25, -0.2) is 9.18 Å². The molecule has 174 valence electrons. The third kappa shape index (κ3) is 4.93. The van der Waals surface area contributed by atoms with Crippen molar-refractivity contribution in [3.05, 3.63) is 54.0 Å². The molecule has 1 fully saturated rings. The Morgan fingerprint density at radius 2 is 1.88 bits per heavy atom. The maximum absolute atomic E-state index is 13.9. The zero-order valence-corrected chi connectivity index (χ0v) is 18.7. The van der Waals surface area contributed by atoms with Gasteiger partial charge in [-0.15, -0.1) is 0 Å². The summed E-state index contributed by atoms with van der Waals surface area (Å²) in [6.07, 6.45) is 0. The van der Waals surface area contributed by atoms with E-state index in [-0.39, 0.29) is 30.4 Å². The number of benzene rings is 2. The highest BCUT2D eigenvalue weighted by Crippen LogP contribution is 2.30. The SMILES string of the molecule is CCOC(=O)c1[nH]c2ccc(F)cc2c1NC(=O)CN1CCN(c2ccccc2OC)CC1. The number of aromatic nitrogens is 1. The number of hydrogen-bond acceptors (Lipinski definition) is 6. The van der Waals surface area contributed by atoms with Crippen molar-refractivity contribution < 1.29 is 23.5 Å². The van der Waals surface area contributed by atoms with E-state index < -0.39 is 11.8 Å². The number of H-pyrrole nitrogens is 1. The Labute approximate surface area is 191 Å². The lowest BCUT2D eigenvalue weighted by atomic mass is 10.2. The van der Waals surface area contributed by atoms with Gasteiger partial charge >= 0.3 is 5.97 Å². The lowest BCUT2D eigenvalue weighted by molar-refractivity contribution is -0.117. The molecule has 0 atom stereocenters. The highest BCUT2D eigenvalue weighted by atomic mass is 19.1. The molecule has 3 aromatic rings. The van der Waals surface area contributed by atoms with Crippen molar-refractivity contribution in [1.82, 2.24) is 9.88 Å². The first kappa shape index (κ1) is 22.6. The van der Waals surface area contributed by atoms with Gasteiger partial charge in [-0.05, 0) is 37.3 Å². The Morgan fingerprint density at radius 1 is 1.12 bits per heavy atom. The van der Waals surface area contributed by atoms with Crippen LogP contribution in [0.3, 0.4) is 0 Å². The van der Waals surface area contributed by atoms with Crippen LogP contribution >= 0.6 is 0 Å². The number of anilines is 2. The number of nitrogens with one attached hydrogen (secondary N) is 2. The lowest BCUT2D eigenvalue weighted by Crippen LogP contribution is -2.48. The minimum Gasteiger partial charge on any atom is -0.495 e. The van der Waals surface area contributed by atoms with E-state index >= 15 is 0 Å². The number of halogens is 1. The molecule has 8 nitrogen and oxygen atoms in total. The number of carbonyl (C=O) groups excluding carboxylic acids is 2. The number of rotatable bonds is 7. The highest BCUT2D eigenvalue weighted by Gasteiger charge is 2.24. The number of carbonyl (C=O) groups is 2. The number of piperazine rings is 1. The third-order valence-electron chi connectivity index (χ3n) is 5.67. The molecule has 4 rings (SSSR count). The Morgan fingerprint density at radius 3 is 2.61 bits per heavy atom. The maximum Gasteiger partial charge on any atom is 0.356 e. The first-order chi connectivity index (χ1) is 16.0. The second kappa shape index (κ2) is 9.91. The number of hydrogen-bond donors (Lipinski definition) is 2. The van der Waals surface area contributed by atoms with Crippen molar-refractivity contribution >= 4 is 34.2 Å². The smallest absolute Gasteiger partial charge is 0.356 e. The molecule has 1 aliphatic heterocycles. The molecule has 0 unspecified atom stereocenters. The zero-order chi connectivity index (χ0) is 23.4. The maximum atomic E-state index is 13.9. The van der Waals surface area contributed by atoms with Gasteiger partial charge in [0.15, 0.2) is 0 Å². The molecule has 2 N–H and O–H groups in total. The molecular weight excluding hydrogens is 427 g/mol. The van der Waals surface area contributed by atoms with Gasteiger partial charge in [0.2, 0.25) is 5.91 Å². The van der Waals surface area contributed by atoms with Crippen LogP contribution in [0.2, 0.25) is 0 Å². The summed E-state index contributed by atoms with van der Waals surface area (Å²) in [6.45, 7) is 4.93. The Bertz CT molecular complexity index is 1150. The summed E-state index contributed by atoms with van der Waals surface area (Å²) in [5, 5.41) is 3.22. The minimum atomic E-state index is -0.602. The number of aromatic amines is 1. The molecule has 0 saturated carbocycles. The number of ether oxygens (including phenoxy) is 2. The van der Waals surface area contributed by atoms with E-state index in [1.165, 1.54) is 18.2 Å². The lowest BCUT2D eigenvalue weighted by Gasteiger charge is -2.36. The summed E-state index contributed by atoms with van der Waals surface area (Å²) < 4.78 is 24.4. The summed E-state index contributed by atoms with van der Waals surface area (Å²) in [5.41, 5.74) is 1.91. The van der Waals surface area contributed by atoms with Crippen LogP contribution in [0, 0.1) is 5.82 Å². The van der Waals surface area contributed by atoms with E-state index in [2.05, 4.69) is 15.2 Å². The Balaban J connectivity index is 1.44. The van der Waals surface area contributed by atoms with Gasteiger partial charge < -0.3 is 24.7 Å². The largest absolute Gasteiger partial charge is 0.495 e. The van der Waals surface area contributed by atoms with Crippen LogP contribution in [0.4, 0.5) is 15.8 Å². The van der Waals surface area contributed by atoms with Crippen LogP contribution in [0.1, 0.15) is 17.4 Å². The van der Waals surface area contributed by atoms with Gasteiger partial charge in [0, 0.05) is 37.1 Å². The van der Waals surface area contributed by atoms with E-state index in [4.69, 9.17) is 9.47 Å². The van der Waals surface area contributed by atoms with Gasteiger partial charge in [-0.1, -0.05) is 12.1 Å². The average Bonchev–Trinajstić information content (AvgIpc) is 3.17. The van der Waals surface area contributed by atoms with Crippen molar-refractivity contribution in [1.29, 1.82) is 0 Å². The quantitative estimate of drug-likeness (QED) is 0.533. The van der Waals surface area contributed by atoms with Gasteiger partial charge in [-0.2, -0.15) is 0 Å². The first-order valence-corrected chi connectivity index (χ1v) is 10.9. The zero-order valence-electron chi connectivity index (χ0n) is 18.7. The standard InChI is InChI=1S/C24H27FN4O4/c1-3-33-24(31)23-22(17-14-16(25)8-9-18(17)26-23)27-21(30)15-28-10-12-29(13-11-28)19-6-4-5-7-20(19)32-2/h4-9,14,26H,3,10-13,15H2,1-2H3,(H,27,30). The van der Waals surface area contributed by atoms with Crippen LogP contribution in [0.25, 0.3) is 10.9 Å². The summed E-state index contributed by atoms with van der Waals surface area (Å²) >= 11 is 0. The number of para-hydroxylation sites is 2. The second-order valence-electron chi connectivity index (χ2n) is 7.77. The molecule has 0 bridgehead atoms. The highest BCUT2D eigenvalue weighted by molar-refractivity contribution is 6.11. The first-order valence-electron chi connectivity index (χ1n) is 10.9. The molecule has 0 aliphatic carbocycles. The van der Waals surface area contributed by atoms with Gasteiger partial charge in [0.1, 0.15) is 17.3 Å². The van der Waals surface area contributed by atoms with E-state index in [1.54, 1.807) is 14.0 Å². The van der Waals surface area contributed by atoms with Crippen molar-refractivity contribution in [3.63, 3.8) is 0 Å². The van der Waals surface area contributed by atoms with E-state index in [9.17, 15) is 14.0 Å². The molecule has 9 heteroatoms. The predicted molar refractivity (Wildman–Crippen MR) is 124 cm³/mol. The Kier molecular flexibility index (Phi) is 6.79. The topological polar surface area (TPSA) is 86.9 Å². The third-order valence-corrected chi connectivity index (χ3v) is 5.67. The molecule has 33 heavy (non-hydrogen) atoms. The fraction of sp³-hybridized carbons (Fsp3) is 0.333. The number of amides is 1. The summed E-state index contributed by atoms with van der Waals surface area (Å²) in [6, 6.07) is 12.0. The molecule has 0 radical (unpaired) electrons. The fourth-order valence-electron chi connectivity index (χ4n) is 4.07. The minimum absolute atomic E-state index is 0.104. The van der Waals surface area contributed by atoms with Crippen molar-refractivity contribution in [2.45, 2.75) is 6.92 Å². The van der Waals surface area contributed by atoms with E-state index in [1.807, 2.05) is 29.2 Å². The van der Waals surface area contributed by atoms with E-state index in [0.29, 0.717) is 24.0 Å². The molecule has 2 aromatic carbocycles. The molecular formula is C24H27FN4O4. The molecule has 1 aliphatic rings. The number of esters is 1. The summed E-state index contributed by atoms with van der Waals surface area (Å²) in [7, 11) is 1.65. The fourth-order valence-corrected chi connectivity index (χ4v) is 4.07. The monoisotopic (exact) mass is 454 g/mol. The average molecular weight is 455 g/mol. The molecule has 2 heterocycles. The Hall–Kier alpha value is -3.59. The normalized spacial score (nSPS) is 14.3. The van der Waals surface area contributed by atoms with Gasteiger partial charge in [0.25, 0.3) is 0 Å². The number of methoxy groups -OCH3 is 1. The molecule has 1 aromatic heterocycles. The van der Waals surface area contributed by atoms with Crippen LogP contribution in [-0.4, -0.2) is 68.2 Å². The molecule has 0 spiro atoms. The van der Waals surface area contributed by atoms with Crippen molar-refractivity contribution in [2.24, 2.45) is 0 Å². The van der Waals surface area contributed by atoms with Crippen LogP contribution in [0.5, 0.6) is 5.75 Å². The van der Waals surface area contributed by atoms with Crippen molar-refractivity contribution in [3.8, 4) is 5.75 Å². The molecule has 1 saturated heterocycles. The van der Waals surface area contributed by atoms with Crippen LogP contribution in [0.15, 0.2) is 42.5 Å². The predicted octanol–water partition coefficient (Wildman–Crippen LogP) is 3.25. The van der Waals surface area contributed by atoms with E-state index in [0.717, 1.165) is 24.5 Å². The number of fused-ring (bicyclic) bond motifs is 1. The summed E-state index contributed by atoms with van der Waals surface area (Å²) in [4.78, 5) is 32.4. The second-order valence-corrected chi connectivity index (χ2v) is 7.77. The van der Waals surface area contributed by atoms with Gasteiger partial charge in [-0.3, -0.25) is 9.69 Å². The van der Waals surface area contributed by atoms with Crippen LogP contribution in [-0.2, 0) is 9.53 Å². The summed E-state index contributed by atoms with van der Waals surface area (Å²) in [5.74, 6) is -0.520. The number of nitrogens with zero attached hydrogens (tertiary/aromatic N) is 2. The van der Waals surface area contributed by atoms with Crippen LogP contribution < -0.4 is 15.0 Å². The van der Waals surface area contributed by atoms with Crippen molar-refractivity contribution in [2.75, 3.05) is 56.7 Å².